The minimum Gasteiger partial charge on any atom is -0.444 e. The van der Waals surface area contributed by atoms with Gasteiger partial charge < -0.3 is 19.5 Å². The van der Waals surface area contributed by atoms with E-state index in [1.807, 2.05) is 20.8 Å². The number of ether oxygens (including phenoxy) is 2. The third-order valence-electron chi connectivity index (χ3n) is 2.44. The van der Waals surface area contributed by atoms with Gasteiger partial charge in [0.25, 0.3) is 0 Å². The summed E-state index contributed by atoms with van der Waals surface area (Å²) in [5, 5.41) is 12.1. The summed E-state index contributed by atoms with van der Waals surface area (Å²) in [5.74, 6) is 0. The fourth-order valence-corrected chi connectivity index (χ4v) is 1.66. The maximum atomic E-state index is 11.7. The van der Waals surface area contributed by atoms with Gasteiger partial charge >= 0.3 is 6.09 Å². The van der Waals surface area contributed by atoms with Crippen molar-refractivity contribution in [3.05, 3.63) is 0 Å². The van der Waals surface area contributed by atoms with Crippen LogP contribution < -0.4 is 5.32 Å². The fourth-order valence-electron chi connectivity index (χ4n) is 1.66. The van der Waals surface area contributed by atoms with Crippen molar-refractivity contribution in [3.63, 3.8) is 0 Å². The highest BCUT2D eigenvalue weighted by Gasteiger charge is 2.30. The Balaban J connectivity index is 2.37. The zero-order valence-corrected chi connectivity index (χ0v) is 10.9. The molecule has 0 radical (unpaired) electrons. The van der Waals surface area contributed by atoms with Gasteiger partial charge in [0.05, 0.1) is 0 Å². The van der Waals surface area contributed by atoms with Gasteiger partial charge in [0.15, 0.2) is 0 Å². The van der Waals surface area contributed by atoms with E-state index >= 15 is 0 Å². The van der Waals surface area contributed by atoms with Crippen LogP contribution in [-0.4, -0.2) is 54.4 Å². The van der Waals surface area contributed by atoms with Crippen LogP contribution in [0.25, 0.3) is 0 Å². The first-order chi connectivity index (χ1) is 7.81. The van der Waals surface area contributed by atoms with E-state index in [1.54, 1.807) is 4.90 Å². The molecule has 17 heavy (non-hydrogen) atoms. The van der Waals surface area contributed by atoms with Crippen LogP contribution in [0.1, 0.15) is 27.2 Å². The largest absolute Gasteiger partial charge is 0.444 e. The van der Waals surface area contributed by atoms with E-state index in [1.165, 1.54) is 7.11 Å². The van der Waals surface area contributed by atoms with Crippen molar-refractivity contribution in [1.82, 2.24) is 10.2 Å². The number of methoxy groups -OCH3 is 1. The number of aliphatic hydroxyl groups is 1. The molecule has 0 aromatic rings. The van der Waals surface area contributed by atoms with Gasteiger partial charge in [0.1, 0.15) is 5.60 Å². The van der Waals surface area contributed by atoms with E-state index in [4.69, 9.17) is 9.47 Å². The molecule has 1 fully saturated rings. The van der Waals surface area contributed by atoms with Crippen molar-refractivity contribution in [2.24, 2.45) is 0 Å². The SMILES string of the molecule is COC(O)NC1CCN(C(=O)OC(C)(C)C)C1. The van der Waals surface area contributed by atoms with E-state index in [0.29, 0.717) is 13.1 Å². The molecule has 0 bridgehead atoms. The van der Waals surface area contributed by atoms with E-state index in [-0.39, 0.29) is 12.1 Å². The normalized spacial score (nSPS) is 22.6. The number of carbonyl (C=O) groups excluding carboxylic acids is 1. The molecule has 1 saturated heterocycles. The molecule has 2 N–H and O–H groups in total. The molecule has 0 aromatic heterocycles. The lowest BCUT2D eigenvalue weighted by Gasteiger charge is -2.24. The van der Waals surface area contributed by atoms with Crippen LogP contribution in [-0.2, 0) is 9.47 Å². The molecular formula is C11H22N2O4. The fraction of sp³-hybridized carbons (Fsp3) is 0.909. The van der Waals surface area contributed by atoms with Gasteiger partial charge in [0.2, 0.25) is 6.41 Å². The molecule has 1 rings (SSSR count). The first-order valence-corrected chi connectivity index (χ1v) is 5.76. The molecule has 1 aliphatic rings. The van der Waals surface area contributed by atoms with Gasteiger partial charge in [-0.15, -0.1) is 0 Å². The van der Waals surface area contributed by atoms with Crippen LogP contribution in [0.2, 0.25) is 0 Å². The standard InChI is InChI=1S/C11H22N2O4/c1-11(2,3)17-10(15)13-6-5-8(7-13)12-9(14)16-4/h8-9,12,14H,5-7H2,1-4H3. The molecule has 0 aliphatic carbocycles. The number of likely N-dealkylation sites (tertiary alicyclic amines) is 1. The first kappa shape index (κ1) is 14.2. The van der Waals surface area contributed by atoms with Crippen molar-refractivity contribution >= 4 is 6.09 Å². The third-order valence-corrected chi connectivity index (χ3v) is 2.44. The number of amides is 1. The summed E-state index contributed by atoms with van der Waals surface area (Å²) in [6.07, 6.45) is -0.521. The van der Waals surface area contributed by atoms with Gasteiger partial charge in [-0.1, -0.05) is 0 Å². The quantitative estimate of drug-likeness (QED) is 0.710. The number of carbonyl (C=O) groups is 1. The maximum absolute atomic E-state index is 11.7. The van der Waals surface area contributed by atoms with Crippen LogP contribution in [0, 0.1) is 0 Å². The zero-order chi connectivity index (χ0) is 13.1. The van der Waals surface area contributed by atoms with E-state index < -0.39 is 12.0 Å². The lowest BCUT2D eigenvalue weighted by atomic mass is 10.2. The molecule has 0 spiro atoms. The maximum Gasteiger partial charge on any atom is 0.410 e. The summed E-state index contributed by atoms with van der Waals surface area (Å²) in [6, 6.07) is 0.0393. The van der Waals surface area contributed by atoms with E-state index in [2.05, 4.69) is 5.32 Å². The molecule has 6 nitrogen and oxygen atoms in total. The summed E-state index contributed by atoms with van der Waals surface area (Å²) >= 11 is 0. The average molecular weight is 246 g/mol. The Morgan fingerprint density at radius 1 is 1.53 bits per heavy atom. The highest BCUT2D eigenvalue weighted by atomic mass is 16.6. The van der Waals surface area contributed by atoms with Crippen LogP contribution in [0.4, 0.5) is 4.79 Å². The Morgan fingerprint density at radius 3 is 2.71 bits per heavy atom. The molecule has 0 aromatic carbocycles. The number of nitrogens with one attached hydrogen (secondary N) is 1. The van der Waals surface area contributed by atoms with Crippen molar-refractivity contribution in [1.29, 1.82) is 0 Å². The van der Waals surface area contributed by atoms with Crippen molar-refractivity contribution < 1.29 is 19.4 Å². The summed E-state index contributed by atoms with van der Waals surface area (Å²) in [5.41, 5.74) is -0.478. The Labute approximate surface area is 102 Å². The predicted molar refractivity (Wildman–Crippen MR) is 62.4 cm³/mol. The second-order valence-electron chi connectivity index (χ2n) is 5.17. The van der Waals surface area contributed by atoms with Crippen molar-refractivity contribution in [2.45, 2.75) is 45.2 Å². The topological polar surface area (TPSA) is 71.0 Å². The minimum atomic E-state index is -0.987. The average Bonchev–Trinajstić information content (AvgIpc) is 2.63. The number of aliphatic hydroxyl groups excluding tert-OH is 1. The van der Waals surface area contributed by atoms with Crippen LogP contribution >= 0.6 is 0 Å². The Morgan fingerprint density at radius 2 is 2.18 bits per heavy atom. The summed E-state index contributed by atoms with van der Waals surface area (Å²) < 4.78 is 9.96. The molecule has 1 heterocycles. The number of nitrogens with zero attached hydrogens (tertiary/aromatic N) is 1. The molecule has 1 aliphatic heterocycles. The van der Waals surface area contributed by atoms with Gasteiger partial charge in [-0.25, -0.2) is 4.79 Å². The highest BCUT2D eigenvalue weighted by molar-refractivity contribution is 5.68. The Kier molecular flexibility index (Phi) is 4.73. The van der Waals surface area contributed by atoms with Crippen LogP contribution in [0.5, 0.6) is 0 Å². The van der Waals surface area contributed by atoms with E-state index in [9.17, 15) is 9.90 Å². The second kappa shape index (κ2) is 5.66. The zero-order valence-electron chi connectivity index (χ0n) is 10.9. The monoisotopic (exact) mass is 246 g/mol. The molecule has 6 heteroatoms. The van der Waals surface area contributed by atoms with Gasteiger partial charge in [-0.2, -0.15) is 0 Å². The van der Waals surface area contributed by atoms with Gasteiger partial charge in [-0.3, -0.25) is 5.32 Å². The molecular weight excluding hydrogens is 224 g/mol. The number of rotatable bonds is 3. The summed E-state index contributed by atoms with van der Waals surface area (Å²) in [7, 11) is 1.41. The van der Waals surface area contributed by atoms with Gasteiger partial charge in [0, 0.05) is 26.2 Å². The number of hydrogen-bond donors (Lipinski definition) is 2. The highest BCUT2D eigenvalue weighted by Crippen LogP contribution is 2.15. The molecule has 2 atom stereocenters. The minimum absolute atomic E-state index is 0.0393. The Bertz CT molecular complexity index is 265. The molecule has 1 amide bonds. The van der Waals surface area contributed by atoms with Crippen molar-refractivity contribution in [2.75, 3.05) is 20.2 Å². The number of hydrogen-bond acceptors (Lipinski definition) is 5. The smallest absolute Gasteiger partial charge is 0.410 e. The van der Waals surface area contributed by atoms with Crippen LogP contribution in [0.3, 0.4) is 0 Å². The predicted octanol–water partition coefficient (Wildman–Crippen LogP) is 0.508. The van der Waals surface area contributed by atoms with Crippen molar-refractivity contribution in [3.8, 4) is 0 Å². The summed E-state index contributed by atoms with van der Waals surface area (Å²) in [6.45, 7) is 6.67. The lowest BCUT2D eigenvalue weighted by molar-refractivity contribution is -0.102. The second-order valence-corrected chi connectivity index (χ2v) is 5.17. The van der Waals surface area contributed by atoms with E-state index in [0.717, 1.165) is 6.42 Å². The first-order valence-electron chi connectivity index (χ1n) is 5.76. The molecule has 2 unspecified atom stereocenters. The third kappa shape index (κ3) is 4.89. The van der Waals surface area contributed by atoms with Gasteiger partial charge in [-0.05, 0) is 27.2 Å². The van der Waals surface area contributed by atoms with Crippen LogP contribution in [0.15, 0.2) is 0 Å². The molecule has 100 valence electrons. The lowest BCUT2D eigenvalue weighted by Crippen LogP contribution is -2.42. The summed E-state index contributed by atoms with van der Waals surface area (Å²) in [4.78, 5) is 13.4. The Hall–Kier alpha value is -0.850. The molecule has 0 saturated carbocycles.